The number of rotatable bonds is 4. The van der Waals surface area contributed by atoms with Crippen molar-refractivity contribution < 1.29 is 23.1 Å². The lowest BCUT2D eigenvalue weighted by atomic mass is 10.0. The number of amides is 2. The summed E-state index contributed by atoms with van der Waals surface area (Å²) < 4.78 is 38.3. The molecule has 0 spiro atoms. The van der Waals surface area contributed by atoms with Gasteiger partial charge in [-0.3, -0.25) is 0 Å². The zero-order valence-corrected chi connectivity index (χ0v) is 12.1. The van der Waals surface area contributed by atoms with Gasteiger partial charge in [0.15, 0.2) is 0 Å². The van der Waals surface area contributed by atoms with Gasteiger partial charge in [0.2, 0.25) is 0 Å². The number of halogens is 3. The fraction of sp³-hybridized carbons (Fsp3) is 0.500. The van der Waals surface area contributed by atoms with Crippen molar-refractivity contribution in [2.24, 2.45) is 0 Å². The largest absolute Gasteiger partial charge is 0.416 e. The van der Waals surface area contributed by atoms with Gasteiger partial charge in [-0.15, -0.1) is 0 Å². The number of aliphatic hydroxyl groups excluding tert-OH is 1. The lowest BCUT2D eigenvalue weighted by molar-refractivity contribution is -0.138. The molecule has 21 heavy (non-hydrogen) atoms. The fourth-order valence-corrected chi connectivity index (χ4v) is 1.82. The summed E-state index contributed by atoms with van der Waals surface area (Å²) in [5.41, 5.74) is -1.29. The summed E-state index contributed by atoms with van der Waals surface area (Å²) in [6.07, 6.45) is -4.13. The number of hydrogen-bond donors (Lipinski definition) is 3. The van der Waals surface area contributed by atoms with Crippen molar-refractivity contribution in [2.75, 3.05) is 11.9 Å². The highest BCUT2D eigenvalue weighted by molar-refractivity contribution is 5.89. The molecular formula is C14H19F3N2O2. The highest BCUT2D eigenvalue weighted by atomic mass is 19.4. The second-order valence-electron chi connectivity index (χ2n) is 5.46. The first-order valence-corrected chi connectivity index (χ1v) is 6.43. The van der Waals surface area contributed by atoms with Crippen molar-refractivity contribution in [3.63, 3.8) is 0 Å². The van der Waals surface area contributed by atoms with E-state index in [1.807, 2.05) is 0 Å². The third-order valence-corrected chi connectivity index (χ3v) is 2.99. The van der Waals surface area contributed by atoms with Crippen LogP contribution in [-0.4, -0.2) is 23.3 Å². The highest BCUT2D eigenvalue weighted by Gasteiger charge is 2.32. The predicted octanol–water partition coefficient (Wildman–Crippen LogP) is 3.30. The van der Waals surface area contributed by atoms with Crippen LogP contribution in [0, 0.1) is 6.92 Å². The van der Waals surface area contributed by atoms with Crippen LogP contribution in [0.5, 0.6) is 0 Å². The minimum Gasteiger partial charge on any atom is -0.396 e. The van der Waals surface area contributed by atoms with E-state index in [0.717, 1.165) is 6.07 Å². The van der Waals surface area contributed by atoms with Crippen LogP contribution in [0.3, 0.4) is 0 Å². The Morgan fingerprint density at radius 3 is 2.43 bits per heavy atom. The molecule has 0 saturated carbocycles. The first kappa shape index (κ1) is 17.3. The van der Waals surface area contributed by atoms with Gasteiger partial charge in [-0.25, -0.2) is 4.79 Å². The van der Waals surface area contributed by atoms with Crippen molar-refractivity contribution >= 4 is 11.7 Å². The maximum absolute atomic E-state index is 12.8. The van der Waals surface area contributed by atoms with Crippen LogP contribution < -0.4 is 10.6 Å². The molecular weight excluding hydrogens is 285 g/mol. The Hall–Kier alpha value is -1.76. The first-order valence-electron chi connectivity index (χ1n) is 6.43. The van der Waals surface area contributed by atoms with Crippen molar-refractivity contribution in [2.45, 2.75) is 38.9 Å². The molecule has 7 heteroatoms. The van der Waals surface area contributed by atoms with Crippen LogP contribution in [0.25, 0.3) is 0 Å². The molecule has 0 unspecified atom stereocenters. The molecule has 0 aliphatic carbocycles. The van der Waals surface area contributed by atoms with Crippen LogP contribution in [0.4, 0.5) is 23.7 Å². The highest BCUT2D eigenvalue weighted by Crippen LogP contribution is 2.33. The summed E-state index contributed by atoms with van der Waals surface area (Å²) in [7, 11) is 0. The van der Waals surface area contributed by atoms with E-state index in [-0.39, 0.29) is 17.9 Å². The molecule has 2 amide bonds. The van der Waals surface area contributed by atoms with E-state index in [1.54, 1.807) is 13.8 Å². The van der Waals surface area contributed by atoms with Gasteiger partial charge in [0, 0.05) is 17.8 Å². The molecule has 0 bridgehead atoms. The van der Waals surface area contributed by atoms with Gasteiger partial charge in [0.1, 0.15) is 0 Å². The molecule has 1 rings (SSSR count). The minimum absolute atomic E-state index is 0.0604. The van der Waals surface area contributed by atoms with Gasteiger partial charge in [-0.05, 0) is 44.9 Å². The molecule has 0 fully saturated rings. The third kappa shape index (κ3) is 5.26. The van der Waals surface area contributed by atoms with E-state index in [1.165, 1.54) is 19.1 Å². The van der Waals surface area contributed by atoms with E-state index in [9.17, 15) is 18.0 Å². The summed E-state index contributed by atoms with van der Waals surface area (Å²) in [6, 6.07) is 2.99. The Bertz CT molecular complexity index is 513. The maximum atomic E-state index is 12.8. The number of urea groups is 1. The second kappa shape index (κ2) is 6.34. The smallest absolute Gasteiger partial charge is 0.396 e. The molecule has 118 valence electrons. The molecule has 4 nitrogen and oxygen atoms in total. The number of carbonyl (C=O) groups excluding carboxylic acids is 1. The summed E-state index contributed by atoms with van der Waals surface area (Å²) in [6.45, 7) is 4.67. The molecule has 0 saturated heterocycles. The van der Waals surface area contributed by atoms with Gasteiger partial charge >= 0.3 is 12.2 Å². The Morgan fingerprint density at radius 1 is 1.29 bits per heavy atom. The second-order valence-corrected chi connectivity index (χ2v) is 5.46. The van der Waals surface area contributed by atoms with Gasteiger partial charge in [0.05, 0.1) is 5.56 Å². The number of nitrogens with one attached hydrogen (secondary N) is 2. The number of aryl methyl sites for hydroxylation is 1. The van der Waals surface area contributed by atoms with Crippen LogP contribution in [0.1, 0.15) is 31.4 Å². The lowest BCUT2D eigenvalue weighted by Gasteiger charge is -2.25. The maximum Gasteiger partial charge on any atom is 0.416 e. The first-order chi connectivity index (χ1) is 9.55. The average Bonchev–Trinajstić information content (AvgIpc) is 2.29. The molecule has 1 aromatic rings. The molecule has 3 N–H and O–H groups in total. The Balaban J connectivity index is 2.82. The van der Waals surface area contributed by atoms with Gasteiger partial charge < -0.3 is 15.7 Å². The van der Waals surface area contributed by atoms with E-state index >= 15 is 0 Å². The number of anilines is 1. The van der Waals surface area contributed by atoms with Crippen LogP contribution in [0.2, 0.25) is 0 Å². The molecule has 0 aliphatic rings. The minimum atomic E-state index is -4.46. The molecule has 1 aromatic carbocycles. The average molecular weight is 304 g/mol. The van der Waals surface area contributed by atoms with Crippen LogP contribution >= 0.6 is 0 Å². The number of carbonyl (C=O) groups is 1. The van der Waals surface area contributed by atoms with E-state index in [2.05, 4.69) is 10.6 Å². The fourth-order valence-electron chi connectivity index (χ4n) is 1.82. The van der Waals surface area contributed by atoms with E-state index in [0.29, 0.717) is 6.42 Å². The summed E-state index contributed by atoms with van der Waals surface area (Å²) in [5.74, 6) is 0. The quantitative estimate of drug-likeness (QED) is 0.799. The molecule has 0 radical (unpaired) electrons. The van der Waals surface area contributed by atoms with E-state index in [4.69, 9.17) is 5.11 Å². The van der Waals surface area contributed by atoms with E-state index < -0.39 is 23.3 Å². The SMILES string of the molecule is Cc1ccc(NC(=O)NC(C)(C)CCO)cc1C(F)(F)F. The van der Waals surface area contributed by atoms with Crippen LogP contribution in [-0.2, 0) is 6.18 Å². The Morgan fingerprint density at radius 2 is 1.90 bits per heavy atom. The molecule has 0 aromatic heterocycles. The lowest BCUT2D eigenvalue weighted by Crippen LogP contribution is -2.46. The van der Waals surface area contributed by atoms with Gasteiger partial charge in [0.25, 0.3) is 0 Å². The van der Waals surface area contributed by atoms with Gasteiger partial charge in [-0.1, -0.05) is 6.07 Å². The van der Waals surface area contributed by atoms with Gasteiger partial charge in [-0.2, -0.15) is 13.2 Å². The topological polar surface area (TPSA) is 61.4 Å². The number of benzene rings is 1. The third-order valence-electron chi connectivity index (χ3n) is 2.99. The summed E-state index contributed by atoms with van der Waals surface area (Å²) >= 11 is 0. The van der Waals surface area contributed by atoms with Crippen molar-refractivity contribution in [1.29, 1.82) is 0 Å². The van der Waals surface area contributed by atoms with Crippen LogP contribution in [0.15, 0.2) is 18.2 Å². The molecule has 0 heterocycles. The predicted molar refractivity (Wildman–Crippen MR) is 74.1 cm³/mol. The Kier molecular flexibility index (Phi) is 5.22. The number of aliphatic hydroxyl groups is 1. The standard InChI is InChI=1S/C14H19F3N2O2/c1-9-4-5-10(8-11(9)14(15,16)17)18-12(21)19-13(2,3)6-7-20/h4-5,8,20H,6-7H2,1-3H3,(H2,18,19,21). The normalized spacial score (nSPS) is 12.1. The Labute approximate surface area is 121 Å². The zero-order chi connectivity index (χ0) is 16.3. The number of alkyl halides is 3. The molecule has 0 aliphatic heterocycles. The summed E-state index contributed by atoms with van der Waals surface area (Å²) in [4.78, 5) is 11.8. The van der Waals surface area contributed by atoms with Crippen molar-refractivity contribution in [1.82, 2.24) is 5.32 Å². The monoisotopic (exact) mass is 304 g/mol. The number of hydrogen-bond acceptors (Lipinski definition) is 2. The van der Waals surface area contributed by atoms with Crippen molar-refractivity contribution in [3.8, 4) is 0 Å². The summed E-state index contributed by atoms with van der Waals surface area (Å²) in [5, 5.41) is 13.8. The molecule has 0 atom stereocenters. The van der Waals surface area contributed by atoms with Crippen molar-refractivity contribution in [3.05, 3.63) is 29.3 Å². The zero-order valence-electron chi connectivity index (χ0n) is 12.1.